The first-order chi connectivity index (χ1) is 7.04. The number of hydrogen-bond acceptors (Lipinski definition) is 3. The predicted octanol–water partition coefficient (Wildman–Crippen LogP) is 1.46. The van der Waals surface area contributed by atoms with E-state index in [1.807, 2.05) is 0 Å². The lowest BCUT2D eigenvalue weighted by Gasteiger charge is -2.07. The Kier molecular flexibility index (Phi) is 2.05. The van der Waals surface area contributed by atoms with E-state index in [4.69, 9.17) is 5.26 Å². The Balaban J connectivity index is 2.52. The monoisotopic (exact) mass is 225 g/mol. The molecule has 0 aromatic heterocycles. The second-order valence-electron chi connectivity index (χ2n) is 3.49. The summed E-state index contributed by atoms with van der Waals surface area (Å²) in [6.07, 6.45) is -1.78. The molecule has 0 bridgehead atoms. The number of benzene rings is 1. The Morgan fingerprint density at radius 1 is 1.40 bits per heavy atom. The van der Waals surface area contributed by atoms with E-state index in [-0.39, 0.29) is 11.3 Å². The second kappa shape index (κ2) is 3.04. The third-order valence-electron chi connectivity index (χ3n) is 2.55. The molecule has 78 valence electrons. The molecule has 15 heavy (non-hydrogen) atoms. The zero-order valence-corrected chi connectivity index (χ0v) is 8.54. The highest BCUT2D eigenvalue weighted by Crippen LogP contribution is 2.48. The summed E-state index contributed by atoms with van der Waals surface area (Å²) in [5.41, 5.74) is 0. The standard InChI is InChI=1S/C10H8FNO2S/c11-9-6-10(9,7-12)15(13,14)8-4-2-1-3-5-8/h1-5,9H,6H2/t9-,10+/m0/s1. The number of rotatable bonds is 2. The summed E-state index contributed by atoms with van der Waals surface area (Å²) in [6, 6.07) is 9.09. The van der Waals surface area contributed by atoms with Gasteiger partial charge in [-0.3, -0.25) is 0 Å². The number of hydrogen-bond donors (Lipinski definition) is 0. The summed E-state index contributed by atoms with van der Waals surface area (Å²) in [6.45, 7) is 0. The molecule has 1 saturated carbocycles. The van der Waals surface area contributed by atoms with Gasteiger partial charge in [-0.05, 0) is 12.1 Å². The fourth-order valence-electron chi connectivity index (χ4n) is 1.47. The molecule has 0 heterocycles. The van der Waals surface area contributed by atoms with Crippen molar-refractivity contribution >= 4 is 9.84 Å². The third-order valence-corrected chi connectivity index (χ3v) is 4.92. The second-order valence-corrected chi connectivity index (χ2v) is 5.70. The van der Waals surface area contributed by atoms with Crippen molar-refractivity contribution in [2.75, 3.05) is 0 Å². The maximum atomic E-state index is 13.0. The molecule has 0 saturated heterocycles. The van der Waals surface area contributed by atoms with E-state index in [0.29, 0.717) is 0 Å². The molecule has 5 heteroatoms. The van der Waals surface area contributed by atoms with E-state index in [1.165, 1.54) is 12.1 Å². The number of nitrogens with zero attached hydrogens (tertiary/aromatic N) is 1. The number of sulfone groups is 1. The van der Waals surface area contributed by atoms with Gasteiger partial charge in [-0.15, -0.1) is 0 Å². The molecule has 0 amide bonds. The summed E-state index contributed by atoms with van der Waals surface area (Å²) < 4.78 is 35.0. The lowest BCUT2D eigenvalue weighted by Crippen LogP contribution is -2.24. The Morgan fingerprint density at radius 3 is 2.33 bits per heavy atom. The molecule has 0 unspecified atom stereocenters. The minimum absolute atomic E-state index is 0.00620. The molecule has 2 rings (SSSR count). The summed E-state index contributed by atoms with van der Waals surface area (Å²) in [7, 11) is -3.86. The van der Waals surface area contributed by atoms with Crippen molar-refractivity contribution in [3.05, 3.63) is 30.3 Å². The van der Waals surface area contributed by atoms with Crippen molar-refractivity contribution in [2.45, 2.75) is 22.2 Å². The Bertz CT molecular complexity index is 520. The molecule has 1 aromatic rings. The van der Waals surface area contributed by atoms with E-state index in [0.717, 1.165) is 0 Å². The van der Waals surface area contributed by atoms with Crippen molar-refractivity contribution in [1.82, 2.24) is 0 Å². The largest absolute Gasteiger partial charge is 0.244 e. The Labute approximate surface area is 87.1 Å². The minimum Gasteiger partial charge on any atom is -0.244 e. The molecule has 1 aromatic carbocycles. The summed E-state index contributed by atoms with van der Waals surface area (Å²) in [4.78, 5) is 0.00620. The quantitative estimate of drug-likeness (QED) is 0.765. The van der Waals surface area contributed by atoms with Crippen LogP contribution in [0.25, 0.3) is 0 Å². The number of halogens is 1. The molecule has 0 spiro atoms. The normalized spacial score (nSPS) is 29.5. The highest BCUT2D eigenvalue weighted by Gasteiger charge is 2.66. The number of nitriles is 1. The zero-order chi connectivity index (χ0) is 11.1. The zero-order valence-electron chi connectivity index (χ0n) is 7.72. The van der Waals surface area contributed by atoms with Crippen molar-refractivity contribution in [3.63, 3.8) is 0 Å². The minimum atomic E-state index is -3.86. The van der Waals surface area contributed by atoms with Crippen molar-refractivity contribution in [3.8, 4) is 6.07 Å². The van der Waals surface area contributed by atoms with Crippen molar-refractivity contribution in [1.29, 1.82) is 5.26 Å². The fraction of sp³-hybridized carbons (Fsp3) is 0.300. The smallest absolute Gasteiger partial charge is 0.200 e. The molecule has 0 radical (unpaired) electrons. The molecule has 1 aliphatic carbocycles. The lowest BCUT2D eigenvalue weighted by molar-refractivity contribution is 0.464. The predicted molar refractivity (Wildman–Crippen MR) is 51.5 cm³/mol. The summed E-state index contributed by atoms with van der Waals surface area (Å²) in [5, 5.41) is 8.75. The molecule has 0 N–H and O–H groups in total. The average molecular weight is 225 g/mol. The molecule has 3 nitrogen and oxygen atoms in total. The van der Waals surface area contributed by atoms with Crippen LogP contribution in [0.1, 0.15) is 6.42 Å². The SMILES string of the molecule is N#C[C@]1(S(=O)(=O)c2ccccc2)C[C@@H]1F. The van der Waals surface area contributed by atoms with Gasteiger partial charge in [0.25, 0.3) is 0 Å². The van der Waals surface area contributed by atoms with Crippen molar-refractivity contribution < 1.29 is 12.8 Å². The average Bonchev–Trinajstić information content (AvgIpc) is 2.93. The Hall–Kier alpha value is -1.41. The Morgan fingerprint density at radius 2 is 1.93 bits per heavy atom. The van der Waals surface area contributed by atoms with Crippen molar-refractivity contribution in [2.24, 2.45) is 0 Å². The van der Waals surface area contributed by atoms with Crippen LogP contribution in [0.15, 0.2) is 35.2 Å². The number of alkyl halides is 1. The highest BCUT2D eigenvalue weighted by atomic mass is 32.2. The van der Waals surface area contributed by atoms with E-state index in [2.05, 4.69) is 0 Å². The van der Waals surface area contributed by atoms with Crippen LogP contribution >= 0.6 is 0 Å². The van der Waals surface area contributed by atoms with Crippen LogP contribution in [0.3, 0.4) is 0 Å². The summed E-state index contributed by atoms with van der Waals surface area (Å²) >= 11 is 0. The van der Waals surface area contributed by atoms with Crippen LogP contribution in [-0.2, 0) is 9.84 Å². The van der Waals surface area contributed by atoms with Gasteiger partial charge in [0, 0.05) is 6.42 Å². The lowest BCUT2D eigenvalue weighted by atomic mass is 10.4. The van der Waals surface area contributed by atoms with Gasteiger partial charge in [0.2, 0.25) is 0 Å². The van der Waals surface area contributed by atoms with Gasteiger partial charge in [-0.1, -0.05) is 18.2 Å². The van der Waals surface area contributed by atoms with Gasteiger partial charge in [-0.25, -0.2) is 12.8 Å². The molecular weight excluding hydrogens is 217 g/mol. The molecule has 1 aliphatic rings. The molecule has 0 aliphatic heterocycles. The van der Waals surface area contributed by atoms with Crippen LogP contribution < -0.4 is 0 Å². The van der Waals surface area contributed by atoms with E-state index < -0.39 is 20.8 Å². The van der Waals surface area contributed by atoms with Gasteiger partial charge in [0.05, 0.1) is 11.0 Å². The first-order valence-corrected chi connectivity index (χ1v) is 5.88. The fourth-order valence-corrected chi connectivity index (χ4v) is 3.23. The summed E-state index contributed by atoms with van der Waals surface area (Å²) in [5.74, 6) is 0. The highest BCUT2D eigenvalue weighted by molar-refractivity contribution is 7.93. The molecular formula is C10H8FNO2S. The third kappa shape index (κ3) is 1.25. The molecule has 1 fully saturated rings. The van der Waals surface area contributed by atoms with Crippen LogP contribution in [0.5, 0.6) is 0 Å². The van der Waals surface area contributed by atoms with Gasteiger partial charge >= 0.3 is 0 Å². The maximum Gasteiger partial charge on any atom is 0.200 e. The van der Waals surface area contributed by atoms with Gasteiger partial charge in [0.15, 0.2) is 14.6 Å². The van der Waals surface area contributed by atoms with Crippen LogP contribution in [0, 0.1) is 11.3 Å². The van der Waals surface area contributed by atoms with Crippen LogP contribution in [0.2, 0.25) is 0 Å². The van der Waals surface area contributed by atoms with E-state index >= 15 is 0 Å². The first-order valence-electron chi connectivity index (χ1n) is 4.39. The van der Waals surface area contributed by atoms with Gasteiger partial charge in [-0.2, -0.15) is 5.26 Å². The maximum absolute atomic E-state index is 13.0. The van der Waals surface area contributed by atoms with Crippen LogP contribution in [-0.4, -0.2) is 19.3 Å². The van der Waals surface area contributed by atoms with Gasteiger partial charge in [0.1, 0.15) is 6.17 Å². The van der Waals surface area contributed by atoms with Gasteiger partial charge < -0.3 is 0 Å². The molecule has 2 atom stereocenters. The van der Waals surface area contributed by atoms with E-state index in [9.17, 15) is 12.8 Å². The first kappa shape index (κ1) is 10.1. The van der Waals surface area contributed by atoms with E-state index in [1.54, 1.807) is 24.3 Å². The topological polar surface area (TPSA) is 57.9 Å². The van der Waals surface area contributed by atoms with Crippen LogP contribution in [0.4, 0.5) is 4.39 Å².